The first kappa shape index (κ1) is 25.7. The Morgan fingerprint density at radius 3 is 2.26 bits per heavy atom. The maximum Gasteiger partial charge on any atom is 0.254 e. The average Bonchev–Trinajstić information content (AvgIpc) is 3.39. The van der Waals surface area contributed by atoms with Gasteiger partial charge in [0, 0.05) is 23.2 Å². The smallest absolute Gasteiger partial charge is 0.254 e. The summed E-state index contributed by atoms with van der Waals surface area (Å²) in [6, 6.07) is 32.4. The van der Waals surface area contributed by atoms with Gasteiger partial charge in [-0.05, 0) is 61.0 Å². The third-order valence-corrected chi connectivity index (χ3v) is 6.56. The molecule has 7 heteroatoms. The Morgan fingerprint density at radius 1 is 0.872 bits per heavy atom. The average molecular weight is 519 g/mol. The molecule has 39 heavy (non-hydrogen) atoms. The molecule has 0 spiro atoms. The zero-order valence-corrected chi connectivity index (χ0v) is 22.2. The summed E-state index contributed by atoms with van der Waals surface area (Å²) in [6.45, 7) is 3.71. The minimum absolute atomic E-state index is 0.0994. The number of carbonyl (C=O) groups is 2. The highest BCUT2D eigenvalue weighted by Gasteiger charge is 2.23. The van der Waals surface area contributed by atoms with Crippen LogP contribution in [0.4, 0.5) is 5.82 Å². The van der Waals surface area contributed by atoms with Crippen molar-refractivity contribution in [2.45, 2.75) is 19.9 Å². The van der Waals surface area contributed by atoms with Crippen molar-refractivity contribution in [1.82, 2.24) is 14.7 Å². The van der Waals surface area contributed by atoms with E-state index in [0.717, 1.165) is 33.5 Å². The maximum absolute atomic E-state index is 13.5. The number of nitrogens with one attached hydrogen (secondary N) is 1. The van der Waals surface area contributed by atoms with Crippen molar-refractivity contribution >= 4 is 28.4 Å². The molecule has 0 saturated carbocycles. The van der Waals surface area contributed by atoms with Crippen molar-refractivity contribution in [3.8, 4) is 22.7 Å². The van der Waals surface area contributed by atoms with E-state index in [1.807, 2.05) is 117 Å². The van der Waals surface area contributed by atoms with E-state index in [9.17, 15) is 9.59 Å². The number of hydrogen-bond acceptors (Lipinski definition) is 4. The van der Waals surface area contributed by atoms with Crippen LogP contribution in [0.15, 0.2) is 103 Å². The van der Waals surface area contributed by atoms with Crippen LogP contribution >= 0.6 is 0 Å². The van der Waals surface area contributed by atoms with E-state index in [0.29, 0.717) is 11.4 Å². The topological polar surface area (TPSA) is 76.5 Å². The fourth-order valence-corrected chi connectivity index (χ4v) is 4.45. The lowest BCUT2D eigenvalue weighted by molar-refractivity contribution is -0.117. The van der Waals surface area contributed by atoms with Gasteiger partial charge in [-0.25, -0.2) is 4.68 Å². The van der Waals surface area contributed by atoms with Crippen LogP contribution in [0.2, 0.25) is 0 Å². The highest BCUT2D eigenvalue weighted by molar-refractivity contribution is 6.01. The van der Waals surface area contributed by atoms with Crippen molar-refractivity contribution in [1.29, 1.82) is 0 Å². The zero-order valence-electron chi connectivity index (χ0n) is 22.2. The summed E-state index contributed by atoms with van der Waals surface area (Å²) in [4.78, 5) is 28.4. The first-order valence-corrected chi connectivity index (χ1v) is 12.8. The molecule has 0 aliphatic heterocycles. The number of fused-ring (bicyclic) bond motifs is 1. The molecule has 1 heterocycles. The van der Waals surface area contributed by atoms with Crippen LogP contribution in [-0.2, 0) is 4.79 Å². The second-order valence-electron chi connectivity index (χ2n) is 9.53. The summed E-state index contributed by atoms with van der Waals surface area (Å²) in [7, 11) is 1.61. The molecule has 1 N–H and O–H groups in total. The summed E-state index contributed by atoms with van der Waals surface area (Å²) < 4.78 is 6.97. The number of hydrogen-bond donors (Lipinski definition) is 1. The van der Waals surface area contributed by atoms with E-state index in [2.05, 4.69) is 5.32 Å². The predicted octanol–water partition coefficient (Wildman–Crippen LogP) is 6.19. The van der Waals surface area contributed by atoms with E-state index >= 15 is 0 Å². The molecule has 0 radical (unpaired) electrons. The molecule has 4 aromatic carbocycles. The molecule has 0 aliphatic carbocycles. The molecule has 0 atom stereocenters. The summed E-state index contributed by atoms with van der Waals surface area (Å²) in [5.41, 5.74) is 2.95. The fourth-order valence-electron chi connectivity index (χ4n) is 4.45. The molecule has 5 aromatic rings. The van der Waals surface area contributed by atoms with Crippen molar-refractivity contribution in [3.05, 3.63) is 109 Å². The Hall–Kier alpha value is -4.91. The number of methoxy groups -OCH3 is 1. The van der Waals surface area contributed by atoms with E-state index in [1.54, 1.807) is 16.7 Å². The molecular formula is C32H30N4O3. The minimum atomic E-state index is -0.313. The summed E-state index contributed by atoms with van der Waals surface area (Å²) in [5.74, 6) is 0.720. The first-order chi connectivity index (χ1) is 18.9. The molecule has 196 valence electrons. The van der Waals surface area contributed by atoms with Crippen LogP contribution in [0, 0.1) is 0 Å². The lowest BCUT2D eigenvalue weighted by atomic mass is 10.1. The molecule has 5 rings (SSSR count). The van der Waals surface area contributed by atoms with Crippen molar-refractivity contribution < 1.29 is 14.3 Å². The fraction of sp³-hybridized carbons (Fsp3) is 0.156. The van der Waals surface area contributed by atoms with Gasteiger partial charge in [-0.15, -0.1) is 0 Å². The Kier molecular flexibility index (Phi) is 7.41. The number of aromatic nitrogens is 2. The standard InChI is InChI=1S/C32H30N4O3/c1-22(2)35(32(38)26-14-13-23-9-7-8-12-25(23)19-26)21-31(37)33-30-20-29(24-10-5-4-6-11-24)34-36(30)27-15-17-28(39-3)18-16-27/h4-20,22H,21H2,1-3H3,(H,33,37). The maximum atomic E-state index is 13.5. The molecule has 0 bridgehead atoms. The van der Waals surface area contributed by atoms with Gasteiger partial charge in [0.15, 0.2) is 0 Å². The number of benzene rings is 4. The van der Waals surface area contributed by atoms with Crippen LogP contribution in [0.25, 0.3) is 27.7 Å². The van der Waals surface area contributed by atoms with Crippen LogP contribution in [0.3, 0.4) is 0 Å². The number of carbonyl (C=O) groups excluding carboxylic acids is 2. The SMILES string of the molecule is COc1ccc(-n2nc(-c3ccccc3)cc2NC(=O)CN(C(=O)c2ccc3ccccc3c2)C(C)C)cc1. The Bertz CT molecular complexity index is 1610. The zero-order chi connectivity index (χ0) is 27.4. The molecule has 0 fully saturated rings. The van der Waals surface area contributed by atoms with E-state index in [4.69, 9.17) is 9.84 Å². The third-order valence-electron chi connectivity index (χ3n) is 6.56. The normalized spacial score (nSPS) is 11.0. The van der Waals surface area contributed by atoms with Crippen molar-refractivity contribution in [2.24, 2.45) is 0 Å². The second kappa shape index (κ2) is 11.2. The van der Waals surface area contributed by atoms with Gasteiger partial charge in [0.1, 0.15) is 18.1 Å². The molecular weight excluding hydrogens is 488 g/mol. The van der Waals surface area contributed by atoms with Gasteiger partial charge >= 0.3 is 0 Å². The molecule has 0 saturated heterocycles. The van der Waals surface area contributed by atoms with Crippen molar-refractivity contribution in [3.63, 3.8) is 0 Å². The summed E-state index contributed by atoms with van der Waals surface area (Å²) in [6.07, 6.45) is 0. The lowest BCUT2D eigenvalue weighted by Crippen LogP contribution is -2.42. The number of rotatable bonds is 8. The summed E-state index contributed by atoms with van der Waals surface area (Å²) >= 11 is 0. The minimum Gasteiger partial charge on any atom is -0.497 e. The van der Waals surface area contributed by atoms with Gasteiger partial charge in [0.25, 0.3) is 5.91 Å². The van der Waals surface area contributed by atoms with Gasteiger partial charge in [0.2, 0.25) is 5.91 Å². The molecule has 7 nitrogen and oxygen atoms in total. The number of anilines is 1. The van der Waals surface area contributed by atoms with Crippen LogP contribution in [0.1, 0.15) is 24.2 Å². The Morgan fingerprint density at radius 2 is 1.56 bits per heavy atom. The van der Waals surface area contributed by atoms with Crippen LogP contribution in [0.5, 0.6) is 5.75 Å². The molecule has 1 aromatic heterocycles. The number of ether oxygens (including phenoxy) is 1. The molecule has 0 unspecified atom stereocenters. The van der Waals surface area contributed by atoms with E-state index in [1.165, 1.54) is 0 Å². The Balaban J connectivity index is 1.41. The lowest BCUT2D eigenvalue weighted by Gasteiger charge is -2.26. The van der Waals surface area contributed by atoms with E-state index in [-0.39, 0.29) is 24.4 Å². The second-order valence-corrected chi connectivity index (χ2v) is 9.53. The van der Waals surface area contributed by atoms with E-state index < -0.39 is 0 Å². The monoisotopic (exact) mass is 518 g/mol. The van der Waals surface area contributed by atoms with Gasteiger partial charge < -0.3 is 15.0 Å². The third kappa shape index (κ3) is 5.67. The van der Waals surface area contributed by atoms with Crippen molar-refractivity contribution in [2.75, 3.05) is 19.0 Å². The highest BCUT2D eigenvalue weighted by atomic mass is 16.5. The van der Waals surface area contributed by atoms with Gasteiger partial charge in [-0.1, -0.05) is 60.7 Å². The van der Waals surface area contributed by atoms with Gasteiger partial charge in [-0.3, -0.25) is 9.59 Å². The molecule has 2 amide bonds. The predicted molar refractivity (Wildman–Crippen MR) is 154 cm³/mol. The molecule has 0 aliphatic rings. The summed E-state index contributed by atoms with van der Waals surface area (Å²) in [5, 5.41) is 9.79. The van der Waals surface area contributed by atoms with Gasteiger partial charge in [0.05, 0.1) is 18.5 Å². The number of amides is 2. The quantitative estimate of drug-likeness (QED) is 0.266. The van der Waals surface area contributed by atoms with Gasteiger partial charge in [-0.2, -0.15) is 5.10 Å². The highest BCUT2D eigenvalue weighted by Crippen LogP contribution is 2.26. The Labute approximate surface area is 227 Å². The first-order valence-electron chi connectivity index (χ1n) is 12.8. The largest absolute Gasteiger partial charge is 0.497 e. The number of nitrogens with zero attached hydrogens (tertiary/aromatic N) is 3. The van der Waals surface area contributed by atoms with Crippen LogP contribution in [-0.4, -0.2) is 46.2 Å². The van der Waals surface area contributed by atoms with Crippen LogP contribution < -0.4 is 10.1 Å².